The molecule has 1 heterocycles. The van der Waals surface area contributed by atoms with E-state index in [-0.39, 0.29) is 22.1 Å². The van der Waals surface area contributed by atoms with E-state index in [2.05, 4.69) is 15.3 Å². The van der Waals surface area contributed by atoms with Gasteiger partial charge in [0.2, 0.25) is 0 Å². The Kier molecular flexibility index (Phi) is 4.34. The molecule has 1 amide bonds. The molecule has 0 saturated heterocycles. The van der Waals surface area contributed by atoms with Gasteiger partial charge in [0.05, 0.1) is 30.8 Å². The van der Waals surface area contributed by atoms with Crippen LogP contribution in [0.1, 0.15) is 20.8 Å². The second-order valence-electron chi connectivity index (χ2n) is 3.90. The zero-order chi connectivity index (χ0) is 15.4. The van der Waals surface area contributed by atoms with Crippen LogP contribution < -0.4 is 10.1 Å². The number of aromatic nitrogens is 2. The van der Waals surface area contributed by atoms with Gasteiger partial charge in [0, 0.05) is 0 Å². The quantitative estimate of drug-likeness (QED) is 0.896. The average molecular weight is 308 g/mol. The molecule has 1 aromatic carbocycles. The second kappa shape index (κ2) is 6.19. The minimum absolute atomic E-state index is 0.0216. The van der Waals surface area contributed by atoms with Crippen molar-refractivity contribution < 1.29 is 19.4 Å². The van der Waals surface area contributed by atoms with Gasteiger partial charge in [0.15, 0.2) is 0 Å². The van der Waals surface area contributed by atoms with Crippen LogP contribution in [0.15, 0.2) is 30.6 Å². The molecule has 0 radical (unpaired) electrons. The molecule has 0 atom stereocenters. The van der Waals surface area contributed by atoms with Gasteiger partial charge in [-0.1, -0.05) is 11.6 Å². The van der Waals surface area contributed by atoms with Crippen molar-refractivity contribution in [2.24, 2.45) is 0 Å². The number of halogens is 1. The lowest BCUT2D eigenvalue weighted by atomic mass is 10.2. The molecule has 2 rings (SSSR count). The van der Waals surface area contributed by atoms with Gasteiger partial charge in [-0.2, -0.15) is 0 Å². The number of rotatable bonds is 4. The van der Waals surface area contributed by atoms with Gasteiger partial charge in [-0.05, 0) is 18.2 Å². The molecule has 8 heteroatoms. The van der Waals surface area contributed by atoms with Gasteiger partial charge >= 0.3 is 5.97 Å². The summed E-state index contributed by atoms with van der Waals surface area (Å²) in [5, 5.41) is 11.6. The first-order valence-corrected chi connectivity index (χ1v) is 6.09. The zero-order valence-electron chi connectivity index (χ0n) is 10.8. The number of carboxylic acids is 1. The molecular weight excluding hydrogens is 298 g/mol. The maximum absolute atomic E-state index is 12.0. The number of nitrogens with zero attached hydrogens (tertiary/aromatic N) is 2. The molecule has 108 valence electrons. The fourth-order valence-electron chi connectivity index (χ4n) is 1.55. The summed E-state index contributed by atoms with van der Waals surface area (Å²) in [6.07, 6.45) is 2.45. The molecule has 1 aromatic heterocycles. The summed E-state index contributed by atoms with van der Waals surface area (Å²) in [5.41, 5.74) is 0.287. The van der Waals surface area contributed by atoms with Crippen molar-refractivity contribution in [1.29, 1.82) is 0 Å². The van der Waals surface area contributed by atoms with Crippen molar-refractivity contribution >= 4 is 29.2 Å². The van der Waals surface area contributed by atoms with E-state index < -0.39 is 11.9 Å². The lowest BCUT2D eigenvalue weighted by Gasteiger charge is -2.10. The van der Waals surface area contributed by atoms with Crippen LogP contribution in [-0.4, -0.2) is 34.1 Å². The van der Waals surface area contributed by atoms with Crippen LogP contribution in [0.25, 0.3) is 0 Å². The van der Waals surface area contributed by atoms with Crippen molar-refractivity contribution in [1.82, 2.24) is 9.97 Å². The highest BCUT2D eigenvalue weighted by atomic mass is 35.5. The summed E-state index contributed by atoms with van der Waals surface area (Å²) >= 11 is 5.59. The molecule has 2 aromatic rings. The molecule has 21 heavy (non-hydrogen) atoms. The van der Waals surface area contributed by atoms with E-state index in [0.29, 0.717) is 5.75 Å². The number of benzene rings is 1. The number of nitrogens with one attached hydrogen (secondary N) is 1. The maximum Gasteiger partial charge on any atom is 0.335 e. The number of methoxy groups -OCH3 is 1. The van der Waals surface area contributed by atoms with Gasteiger partial charge in [-0.15, -0.1) is 0 Å². The minimum atomic E-state index is -1.11. The predicted molar refractivity (Wildman–Crippen MR) is 74.9 cm³/mol. The lowest BCUT2D eigenvalue weighted by molar-refractivity contribution is 0.0696. The summed E-state index contributed by atoms with van der Waals surface area (Å²) in [5.74, 6) is -1.34. The van der Waals surface area contributed by atoms with Crippen LogP contribution in [-0.2, 0) is 0 Å². The number of anilines is 1. The molecule has 0 bridgehead atoms. The predicted octanol–water partition coefficient (Wildman–Crippen LogP) is 2.09. The number of aromatic carboxylic acids is 1. The minimum Gasteiger partial charge on any atom is -0.495 e. The Hall–Kier alpha value is -2.67. The van der Waals surface area contributed by atoms with Crippen molar-refractivity contribution in [2.75, 3.05) is 12.4 Å². The largest absolute Gasteiger partial charge is 0.495 e. The van der Waals surface area contributed by atoms with Crippen LogP contribution in [0.3, 0.4) is 0 Å². The van der Waals surface area contributed by atoms with E-state index in [4.69, 9.17) is 21.4 Å². The lowest BCUT2D eigenvalue weighted by Crippen LogP contribution is -2.15. The highest BCUT2D eigenvalue weighted by Crippen LogP contribution is 2.26. The molecule has 0 unspecified atom stereocenters. The van der Waals surface area contributed by atoms with Crippen LogP contribution in [0, 0.1) is 0 Å². The van der Waals surface area contributed by atoms with Crippen LogP contribution in [0.2, 0.25) is 5.15 Å². The molecule has 0 aliphatic rings. The van der Waals surface area contributed by atoms with Crippen LogP contribution in [0.5, 0.6) is 5.75 Å². The fraction of sp³-hybridized carbons (Fsp3) is 0.0769. The number of carbonyl (C=O) groups is 2. The second-order valence-corrected chi connectivity index (χ2v) is 4.29. The smallest absolute Gasteiger partial charge is 0.335 e. The number of ether oxygens (including phenoxy) is 1. The van der Waals surface area contributed by atoms with E-state index >= 15 is 0 Å². The number of amides is 1. The third kappa shape index (κ3) is 3.46. The Labute approximate surface area is 124 Å². The maximum atomic E-state index is 12.0. The molecule has 0 fully saturated rings. The molecule has 0 aliphatic heterocycles. The Morgan fingerprint density at radius 3 is 2.62 bits per heavy atom. The third-order valence-electron chi connectivity index (χ3n) is 2.55. The molecule has 7 nitrogen and oxygen atoms in total. The number of hydrogen-bond donors (Lipinski definition) is 2. The highest BCUT2D eigenvalue weighted by molar-refractivity contribution is 6.29. The van der Waals surface area contributed by atoms with Gasteiger partial charge in [0.25, 0.3) is 5.91 Å². The molecule has 0 spiro atoms. The Bertz CT molecular complexity index is 688. The van der Waals surface area contributed by atoms with Crippen molar-refractivity contribution in [3.05, 3.63) is 47.0 Å². The van der Waals surface area contributed by atoms with Crippen LogP contribution >= 0.6 is 11.6 Å². The molecular formula is C13H10ClN3O4. The van der Waals surface area contributed by atoms with Crippen molar-refractivity contribution in [3.8, 4) is 5.75 Å². The Morgan fingerprint density at radius 1 is 1.29 bits per heavy atom. The molecule has 0 aliphatic carbocycles. The first-order chi connectivity index (χ1) is 10.0. The fourth-order valence-corrected chi connectivity index (χ4v) is 1.65. The topological polar surface area (TPSA) is 101 Å². The normalized spacial score (nSPS) is 10.0. The summed E-state index contributed by atoms with van der Waals surface area (Å²) in [6, 6.07) is 4.12. The van der Waals surface area contributed by atoms with Crippen molar-refractivity contribution in [3.63, 3.8) is 0 Å². The monoisotopic (exact) mass is 307 g/mol. The summed E-state index contributed by atoms with van der Waals surface area (Å²) < 4.78 is 5.07. The highest BCUT2D eigenvalue weighted by Gasteiger charge is 2.14. The van der Waals surface area contributed by atoms with E-state index in [1.54, 1.807) is 0 Å². The number of hydrogen-bond acceptors (Lipinski definition) is 5. The van der Waals surface area contributed by atoms with Gasteiger partial charge in [-0.25, -0.2) is 14.8 Å². The number of carboxylic acid groups (broad SMARTS) is 1. The summed E-state index contributed by atoms with van der Waals surface area (Å²) in [6.45, 7) is 0. The Balaban J connectivity index is 2.29. The van der Waals surface area contributed by atoms with E-state index in [1.165, 1.54) is 37.7 Å². The Morgan fingerprint density at radius 2 is 2.05 bits per heavy atom. The first kappa shape index (κ1) is 14.7. The summed E-state index contributed by atoms with van der Waals surface area (Å²) in [4.78, 5) is 30.5. The SMILES string of the molecule is COc1ccc(C(=O)O)cc1NC(=O)c1cnc(Cl)cn1. The molecule has 2 N–H and O–H groups in total. The van der Waals surface area contributed by atoms with E-state index in [0.717, 1.165) is 0 Å². The van der Waals surface area contributed by atoms with Gasteiger partial charge < -0.3 is 15.2 Å². The average Bonchev–Trinajstić information content (AvgIpc) is 2.47. The van der Waals surface area contributed by atoms with Gasteiger partial charge in [0.1, 0.15) is 16.6 Å². The van der Waals surface area contributed by atoms with Crippen molar-refractivity contribution in [2.45, 2.75) is 0 Å². The van der Waals surface area contributed by atoms with E-state index in [1.807, 2.05) is 0 Å². The van der Waals surface area contributed by atoms with Crippen LogP contribution in [0.4, 0.5) is 5.69 Å². The number of carbonyl (C=O) groups excluding carboxylic acids is 1. The first-order valence-electron chi connectivity index (χ1n) is 5.71. The van der Waals surface area contributed by atoms with E-state index in [9.17, 15) is 9.59 Å². The zero-order valence-corrected chi connectivity index (χ0v) is 11.6. The standard InChI is InChI=1S/C13H10ClN3O4/c1-21-10-3-2-7(13(19)20)4-8(10)17-12(18)9-5-16-11(14)6-15-9/h2-6H,1H3,(H,17,18)(H,19,20). The third-order valence-corrected chi connectivity index (χ3v) is 2.74. The summed E-state index contributed by atoms with van der Waals surface area (Å²) in [7, 11) is 1.41. The van der Waals surface area contributed by atoms with Gasteiger partial charge in [-0.3, -0.25) is 4.79 Å². The molecule has 0 saturated carbocycles.